The summed E-state index contributed by atoms with van der Waals surface area (Å²) < 4.78 is 43.7. The molecule has 0 spiro atoms. The van der Waals surface area contributed by atoms with Gasteiger partial charge in [0.05, 0.1) is 0 Å². The molecule has 0 atom stereocenters. The third-order valence-electron chi connectivity index (χ3n) is 3.77. The predicted octanol–water partition coefficient (Wildman–Crippen LogP) is 3.93. The van der Waals surface area contributed by atoms with E-state index in [4.69, 9.17) is 15.6 Å². The lowest BCUT2D eigenvalue weighted by Gasteiger charge is -2.11. The Morgan fingerprint density at radius 3 is 2.48 bits per heavy atom. The second kappa shape index (κ2) is 8.74. The smallest absolute Gasteiger partial charge is 0.433 e. The fourth-order valence-electron chi connectivity index (χ4n) is 2.49. The van der Waals surface area contributed by atoms with E-state index in [0.29, 0.717) is 35.8 Å². The Labute approximate surface area is 164 Å². The number of hydrogen-bond donors (Lipinski definition) is 3. The lowest BCUT2D eigenvalue weighted by Crippen LogP contribution is -2.07. The van der Waals surface area contributed by atoms with Gasteiger partial charge in [-0.1, -0.05) is 0 Å². The molecule has 3 aromatic rings. The van der Waals surface area contributed by atoms with Crippen LogP contribution in [0, 0.1) is 0 Å². The van der Waals surface area contributed by atoms with Crippen molar-refractivity contribution < 1.29 is 23.0 Å². The SMILES string of the molecule is Nc1nc(CCCO)cc(Nc2ccc(Oc3ccnc(C(F)(F)F)c3)cc2)n1. The minimum absolute atomic E-state index is 0.0325. The molecule has 2 aromatic heterocycles. The molecule has 0 aliphatic heterocycles. The summed E-state index contributed by atoms with van der Waals surface area (Å²) in [7, 11) is 0. The Kier molecular flexibility index (Phi) is 6.13. The number of nitrogens with two attached hydrogens (primary N) is 1. The van der Waals surface area contributed by atoms with E-state index in [9.17, 15) is 13.2 Å². The number of nitrogens with one attached hydrogen (secondary N) is 1. The van der Waals surface area contributed by atoms with Gasteiger partial charge in [-0.15, -0.1) is 0 Å². The van der Waals surface area contributed by atoms with Crippen molar-refractivity contribution in [2.75, 3.05) is 17.7 Å². The quantitative estimate of drug-likeness (QED) is 0.547. The predicted molar refractivity (Wildman–Crippen MR) is 101 cm³/mol. The first-order valence-corrected chi connectivity index (χ1v) is 8.66. The number of halogens is 3. The molecule has 0 saturated carbocycles. The number of hydrogen-bond acceptors (Lipinski definition) is 7. The number of rotatable bonds is 7. The number of aliphatic hydroxyl groups is 1. The molecule has 0 aliphatic rings. The van der Waals surface area contributed by atoms with Gasteiger partial charge in [-0.3, -0.25) is 4.98 Å². The van der Waals surface area contributed by atoms with Crippen LogP contribution < -0.4 is 15.8 Å². The van der Waals surface area contributed by atoms with Gasteiger partial charge in [0.15, 0.2) is 0 Å². The van der Waals surface area contributed by atoms with Gasteiger partial charge in [0.2, 0.25) is 5.95 Å². The number of benzene rings is 1. The summed E-state index contributed by atoms with van der Waals surface area (Å²) in [6.45, 7) is 0.0517. The Morgan fingerprint density at radius 1 is 1.03 bits per heavy atom. The van der Waals surface area contributed by atoms with E-state index in [-0.39, 0.29) is 18.3 Å². The van der Waals surface area contributed by atoms with Gasteiger partial charge < -0.3 is 20.9 Å². The first kappa shape index (κ1) is 20.3. The van der Waals surface area contributed by atoms with Gasteiger partial charge in [0, 0.05) is 36.3 Å². The van der Waals surface area contributed by atoms with Crippen LogP contribution in [0.2, 0.25) is 0 Å². The van der Waals surface area contributed by atoms with Gasteiger partial charge in [0.25, 0.3) is 0 Å². The van der Waals surface area contributed by atoms with Crippen molar-refractivity contribution in [3.63, 3.8) is 0 Å². The van der Waals surface area contributed by atoms with E-state index in [1.54, 1.807) is 30.3 Å². The molecule has 0 radical (unpaired) electrons. The van der Waals surface area contributed by atoms with Crippen molar-refractivity contribution in [2.24, 2.45) is 0 Å². The molecular formula is C19H18F3N5O2. The lowest BCUT2D eigenvalue weighted by molar-refractivity contribution is -0.141. The highest BCUT2D eigenvalue weighted by atomic mass is 19.4. The summed E-state index contributed by atoms with van der Waals surface area (Å²) in [5.41, 5.74) is 6.06. The fraction of sp³-hybridized carbons (Fsp3) is 0.211. The summed E-state index contributed by atoms with van der Waals surface area (Å²) in [6, 6.07) is 10.5. The molecule has 0 unspecified atom stereocenters. The van der Waals surface area contributed by atoms with E-state index in [1.807, 2.05) is 0 Å². The van der Waals surface area contributed by atoms with Gasteiger partial charge in [-0.25, -0.2) is 4.98 Å². The molecule has 10 heteroatoms. The van der Waals surface area contributed by atoms with Crippen LogP contribution in [0.15, 0.2) is 48.7 Å². The van der Waals surface area contributed by atoms with Crippen LogP contribution in [0.1, 0.15) is 17.8 Å². The third-order valence-corrected chi connectivity index (χ3v) is 3.77. The summed E-state index contributed by atoms with van der Waals surface area (Å²) >= 11 is 0. The van der Waals surface area contributed by atoms with E-state index in [2.05, 4.69) is 20.3 Å². The zero-order valence-corrected chi connectivity index (χ0v) is 15.1. The van der Waals surface area contributed by atoms with Crippen LogP contribution >= 0.6 is 0 Å². The summed E-state index contributed by atoms with van der Waals surface area (Å²) in [5.74, 6) is 0.995. The summed E-state index contributed by atoms with van der Waals surface area (Å²) in [6.07, 6.45) is -2.37. The molecule has 0 aliphatic carbocycles. The van der Waals surface area contributed by atoms with E-state index < -0.39 is 11.9 Å². The van der Waals surface area contributed by atoms with Crippen LogP contribution in [0.25, 0.3) is 0 Å². The Hall–Kier alpha value is -3.40. The first-order chi connectivity index (χ1) is 13.8. The average molecular weight is 405 g/mol. The number of aliphatic hydroxyl groups excluding tert-OH is 1. The molecule has 0 fully saturated rings. The van der Waals surface area contributed by atoms with Gasteiger partial charge in [0.1, 0.15) is 23.0 Å². The molecule has 1 aromatic carbocycles. The van der Waals surface area contributed by atoms with E-state index >= 15 is 0 Å². The maximum atomic E-state index is 12.7. The van der Waals surface area contributed by atoms with Crippen molar-refractivity contribution in [2.45, 2.75) is 19.0 Å². The van der Waals surface area contributed by atoms with Crippen LogP contribution in [0.4, 0.5) is 30.6 Å². The van der Waals surface area contributed by atoms with Crippen molar-refractivity contribution in [3.05, 3.63) is 60.0 Å². The number of pyridine rings is 1. The normalized spacial score (nSPS) is 11.3. The highest BCUT2D eigenvalue weighted by Gasteiger charge is 2.32. The van der Waals surface area contributed by atoms with Gasteiger partial charge in [-0.2, -0.15) is 18.2 Å². The highest BCUT2D eigenvalue weighted by Crippen LogP contribution is 2.31. The number of nitrogens with zero attached hydrogens (tertiary/aromatic N) is 3. The van der Waals surface area contributed by atoms with E-state index in [0.717, 1.165) is 12.3 Å². The van der Waals surface area contributed by atoms with Crippen molar-refractivity contribution in [1.82, 2.24) is 15.0 Å². The number of anilines is 3. The molecule has 0 saturated heterocycles. The second-order valence-corrected chi connectivity index (χ2v) is 6.06. The third kappa shape index (κ3) is 5.79. The Bertz CT molecular complexity index is 965. The zero-order valence-electron chi connectivity index (χ0n) is 15.1. The fourth-order valence-corrected chi connectivity index (χ4v) is 2.49. The summed E-state index contributed by atoms with van der Waals surface area (Å²) in [5, 5.41) is 12.0. The molecule has 0 amide bonds. The van der Waals surface area contributed by atoms with E-state index in [1.165, 1.54) is 6.07 Å². The molecule has 2 heterocycles. The number of aryl methyl sites for hydroxylation is 1. The topological polar surface area (TPSA) is 106 Å². The maximum absolute atomic E-state index is 12.7. The molecule has 29 heavy (non-hydrogen) atoms. The zero-order chi connectivity index (χ0) is 20.9. The average Bonchev–Trinajstić information content (AvgIpc) is 2.67. The van der Waals surface area contributed by atoms with Gasteiger partial charge >= 0.3 is 6.18 Å². The van der Waals surface area contributed by atoms with Crippen molar-refractivity contribution in [1.29, 1.82) is 0 Å². The van der Waals surface area contributed by atoms with Crippen molar-refractivity contribution in [3.8, 4) is 11.5 Å². The highest BCUT2D eigenvalue weighted by molar-refractivity contribution is 5.58. The number of aromatic nitrogens is 3. The minimum Gasteiger partial charge on any atom is -0.457 e. The standard InChI is InChI=1S/C19H18F3N5O2/c20-19(21,22)16-11-15(7-8-24-16)29-14-5-3-12(4-6-14)25-17-10-13(2-1-9-28)26-18(23)27-17/h3-8,10-11,28H,1-2,9H2,(H3,23,25,26,27). The maximum Gasteiger partial charge on any atom is 0.433 e. The molecule has 3 rings (SSSR count). The lowest BCUT2D eigenvalue weighted by atomic mass is 10.2. The molecule has 0 bridgehead atoms. The van der Waals surface area contributed by atoms with Crippen LogP contribution in [-0.4, -0.2) is 26.7 Å². The Morgan fingerprint density at radius 2 is 1.79 bits per heavy atom. The number of nitrogen functional groups attached to an aromatic ring is 1. The Balaban J connectivity index is 1.69. The largest absolute Gasteiger partial charge is 0.457 e. The molecule has 152 valence electrons. The summed E-state index contributed by atoms with van der Waals surface area (Å²) in [4.78, 5) is 11.5. The minimum atomic E-state index is -4.54. The molecule has 7 nitrogen and oxygen atoms in total. The van der Waals surface area contributed by atoms with Gasteiger partial charge in [-0.05, 0) is 43.2 Å². The molecule has 4 N–H and O–H groups in total. The molecular weight excluding hydrogens is 387 g/mol. The monoisotopic (exact) mass is 405 g/mol. The first-order valence-electron chi connectivity index (χ1n) is 8.66. The van der Waals surface area contributed by atoms with Crippen LogP contribution in [-0.2, 0) is 12.6 Å². The second-order valence-electron chi connectivity index (χ2n) is 6.06. The van der Waals surface area contributed by atoms with Crippen LogP contribution in [0.5, 0.6) is 11.5 Å². The number of ether oxygens (including phenoxy) is 1. The van der Waals surface area contributed by atoms with Crippen LogP contribution in [0.3, 0.4) is 0 Å². The number of alkyl halides is 3. The van der Waals surface area contributed by atoms with Crippen molar-refractivity contribution >= 4 is 17.5 Å².